The van der Waals surface area contributed by atoms with Gasteiger partial charge in [-0.05, 0) is 31.4 Å². The number of nitrogens with zero attached hydrogens (tertiary/aromatic N) is 3. The standard InChI is InChI=1S/C17H19N5O2/c18-16-20-14(11-24-15(23)12-7-3-1-4-8-12)21-17(22-16)19-13-9-5-2-6-10-13/h1-3,5-6,9-10,12H,4,7-8,11H2,(H3,18,19,20,21,22)/t12-/m0/s1. The lowest BCUT2D eigenvalue weighted by molar-refractivity contribution is -0.150. The molecule has 0 bridgehead atoms. The van der Waals surface area contributed by atoms with E-state index in [0.717, 1.165) is 24.9 Å². The molecule has 0 unspecified atom stereocenters. The molecule has 1 heterocycles. The van der Waals surface area contributed by atoms with Crippen LogP contribution < -0.4 is 11.1 Å². The third-order valence-electron chi connectivity index (χ3n) is 3.67. The van der Waals surface area contributed by atoms with Gasteiger partial charge in [0, 0.05) is 5.69 Å². The van der Waals surface area contributed by atoms with Gasteiger partial charge in [0.25, 0.3) is 0 Å². The van der Waals surface area contributed by atoms with Crippen LogP contribution in [0.15, 0.2) is 42.5 Å². The molecule has 0 spiro atoms. The van der Waals surface area contributed by atoms with Crippen LogP contribution in [0.5, 0.6) is 0 Å². The van der Waals surface area contributed by atoms with Crippen molar-refractivity contribution in [1.82, 2.24) is 15.0 Å². The Labute approximate surface area is 140 Å². The van der Waals surface area contributed by atoms with Gasteiger partial charge < -0.3 is 15.8 Å². The summed E-state index contributed by atoms with van der Waals surface area (Å²) in [5.74, 6) is 0.406. The monoisotopic (exact) mass is 325 g/mol. The number of ether oxygens (including phenoxy) is 1. The number of esters is 1. The highest BCUT2D eigenvalue weighted by molar-refractivity contribution is 5.72. The van der Waals surface area contributed by atoms with Gasteiger partial charge in [0.15, 0.2) is 12.4 Å². The van der Waals surface area contributed by atoms with E-state index in [9.17, 15) is 4.79 Å². The Hall–Kier alpha value is -2.96. The summed E-state index contributed by atoms with van der Waals surface area (Å²) in [4.78, 5) is 24.4. The number of hydrogen-bond acceptors (Lipinski definition) is 7. The van der Waals surface area contributed by atoms with Gasteiger partial charge in [-0.15, -0.1) is 0 Å². The fourth-order valence-electron chi connectivity index (χ4n) is 2.47. The number of nitrogens with one attached hydrogen (secondary N) is 1. The summed E-state index contributed by atoms with van der Waals surface area (Å²) in [5, 5.41) is 3.04. The Bertz CT molecular complexity index is 733. The molecule has 1 aromatic carbocycles. The molecule has 0 aliphatic heterocycles. The highest BCUT2D eigenvalue weighted by atomic mass is 16.5. The van der Waals surface area contributed by atoms with Crippen LogP contribution in [0.25, 0.3) is 0 Å². The highest BCUT2D eigenvalue weighted by Gasteiger charge is 2.20. The molecule has 0 amide bonds. The molecule has 3 rings (SSSR count). The van der Waals surface area contributed by atoms with Gasteiger partial charge in [-0.1, -0.05) is 30.4 Å². The minimum atomic E-state index is -0.226. The van der Waals surface area contributed by atoms with Gasteiger partial charge in [-0.2, -0.15) is 15.0 Å². The predicted octanol–water partition coefficient (Wildman–Crippen LogP) is 2.60. The molecule has 3 N–H and O–H groups in total. The molecule has 0 saturated carbocycles. The van der Waals surface area contributed by atoms with Crippen molar-refractivity contribution >= 4 is 23.6 Å². The number of rotatable bonds is 5. The van der Waals surface area contributed by atoms with E-state index >= 15 is 0 Å². The molecule has 24 heavy (non-hydrogen) atoms. The normalized spacial score (nSPS) is 16.6. The van der Waals surface area contributed by atoms with Gasteiger partial charge in [0.05, 0.1) is 5.92 Å². The number of aromatic nitrogens is 3. The molecule has 1 atom stereocenters. The Morgan fingerprint density at radius 1 is 1.21 bits per heavy atom. The van der Waals surface area contributed by atoms with Gasteiger partial charge in [-0.25, -0.2) is 0 Å². The van der Waals surface area contributed by atoms with Crippen molar-refractivity contribution in [2.24, 2.45) is 5.92 Å². The SMILES string of the molecule is Nc1nc(COC(=O)[C@H]2CC=CCC2)nc(Nc2ccccc2)n1. The number of nitrogens with two attached hydrogens (primary N) is 1. The number of para-hydroxylation sites is 1. The summed E-state index contributed by atoms with van der Waals surface area (Å²) in [6, 6.07) is 9.48. The van der Waals surface area contributed by atoms with E-state index in [-0.39, 0.29) is 24.4 Å². The largest absolute Gasteiger partial charge is 0.457 e. The molecule has 2 aromatic rings. The first-order valence-corrected chi connectivity index (χ1v) is 7.85. The quantitative estimate of drug-likeness (QED) is 0.643. The first-order valence-electron chi connectivity index (χ1n) is 7.85. The smallest absolute Gasteiger partial charge is 0.309 e. The maximum absolute atomic E-state index is 12.1. The molecule has 124 valence electrons. The van der Waals surface area contributed by atoms with Crippen molar-refractivity contribution < 1.29 is 9.53 Å². The lowest BCUT2D eigenvalue weighted by Crippen LogP contribution is -2.19. The van der Waals surface area contributed by atoms with Crippen LogP contribution in [0.1, 0.15) is 25.1 Å². The average Bonchev–Trinajstić information content (AvgIpc) is 2.61. The molecule has 7 nitrogen and oxygen atoms in total. The van der Waals surface area contributed by atoms with Crippen molar-refractivity contribution in [3.63, 3.8) is 0 Å². The van der Waals surface area contributed by atoms with Gasteiger partial charge >= 0.3 is 5.97 Å². The minimum Gasteiger partial charge on any atom is -0.457 e. The van der Waals surface area contributed by atoms with E-state index in [1.54, 1.807) is 0 Å². The van der Waals surface area contributed by atoms with Crippen molar-refractivity contribution in [2.75, 3.05) is 11.1 Å². The second-order valence-corrected chi connectivity index (χ2v) is 5.51. The van der Waals surface area contributed by atoms with Gasteiger partial charge in [0.2, 0.25) is 11.9 Å². The van der Waals surface area contributed by atoms with E-state index in [2.05, 4.69) is 26.3 Å². The summed E-state index contributed by atoms with van der Waals surface area (Å²) in [5.41, 5.74) is 6.54. The maximum Gasteiger partial charge on any atom is 0.309 e. The summed E-state index contributed by atoms with van der Waals surface area (Å²) < 4.78 is 5.32. The average molecular weight is 325 g/mol. The fourth-order valence-corrected chi connectivity index (χ4v) is 2.47. The van der Waals surface area contributed by atoms with Crippen LogP contribution >= 0.6 is 0 Å². The number of allylic oxidation sites excluding steroid dienone is 2. The second-order valence-electron chi connectivity index (χ2n) is 5.51. The van der Waals surface area contributed by atoms with Crippen molar-refractivity contribution in [2.45, 2.75) is 25.9 Å². The Balaban J connectivity index is 1.63. The van der Waals surface area contributed by atoms with Crippen LogP contribution in [0, 0.1) is 5.92 Å². The Morgan fingerprint density at radius 2 is 2.04 bits per heavy atom. The molecular formula is C17H19N5O2. The number of benzene rings is 1. The predicted molar refractivity (Wildman–Crippen MR) is 90.2 cm³/mol. The lowest BCUT2D eigenvalue weighted by atomic mass is 9.95. The molecule has 1 aromatic heterocycles. The highest BCUT2D eigenvalue weighted by Crippen LogP contribution is 2.20. The van der Waals surface area contributed by atoms with Crippen LogP contribution in [-0.4, -0.2) is 20.9 Å². The minimum absolute atomic E-state index is 0.0186. The molecule has 0 saturated heterocycles. The summed E-state index contributed by atoms with van der Waals surface area (Å²) in [7, 11) is 0. The van der Waals surface area contributed by atoms with Gasteiger partial charge in [0.1, 0.15) is 0 Å². The van der Waals surface area contributed by atoms with Crippen LogP contribution in [-0.2, 0) is 16.1 Å². The van der Waals surface area contributed by atoms with Crippen molar-refractivity contribution in [3.05, 3.63) is 48.3 Å². The first-order chi connectivity index (χ1) is 11.7. The third-order valence-corrected chi connectivity index (χ3v) is 3.67. The van der Waals surface area contributed by atoms with Crippen LogP contribution in [0.4, 0.5) is 17.6 Å². The van der Waals surface area contributed by atoms with E-state index in [0.29, 0.717) is 11.8 Å². The second kappa shape index (κ2) is 7.54. The first kappa shape index (κ1) is 15.9. The molecule has 1 aliphatic rings. The summed E-state index contributed by atoms with van der Waals surface area (Å²) >= 11 is 0. The zero-order valence-corrected chi connectivity index (χ0v) is 13.2. The molecule has 0 fully saturated rings. The number of carbonyl (C=O) groups is 1. The molecular weight excluding hydrogens is 306 g/mol. The maximum atomic E-state index is 12.1. The topological polar surface area (TPSA) is 103 Å². The zero-order valence-electron chi connectivity index (χ0n) is 13.2. The van der Waals surface area contributed by atoms with E-state index in [1.165, 1.54) is 0 Å². The number of nitrogen functional groups attached to an aromatic ring is 1. The van der Waals surface area contributed by atoms with Gasteiger partial charge in [-0.3, -0.25) is 4.79 Å². The van der Waals surface area contributed by atoms with E-state index in [1.807, 2.05) is 36.4 Å². The van der Waals surface area contributed by atoms with Crippen molar-refractivity contribution in [3.8, 4) is 0 Å². The van der Waals surface area contributed by atoms with E-state index < -0.39 is 0 Å². The molecule has 7 heteroatoms. The number of carbonyl (C=O) groups excluding carboxylic acids is 1. The fraction of sp³-hybridized carbons (Fsp3) is 0.294. The van der Waals surface area contributed by atoms with E-state index in [4.69, 9.17) is 10.5 Å². The zero-order chi connectivity index (χ0) is 16.8. The Kier molecular flexibility index (Phi) is 5.00. The van der Waals surface area contributed by atoms with Crippen LogP contribution in [0.2, 0.25) is 0 Å². The molecule has 1 aliphatic carbocycles. The molecule has 0 radical (unpaired) electrons. The summed E-state index contributed by atoms with van der Waals surface area (Å²) in [6.45, 7) is -0.0186. The lowest BCUT2D eigenvalue weighted by Gasteiger charge is -2.16. The third kappa shape index (κ3) is 4.28. The van der Waals surface area contributed by atoms with Crippen LogP contribution in [0.3, 0.4) is 0 Å². The van der Waals surface area contributed by atoms with Crippen molar-refractivity contribution in [1.29, 1.82) is 0 Å². The number of hydrogen-bond donors (Lipinski definition) is 2. The summed E-state index contributed by atoms with van der Waals surface area (Å²) in [6.07, 6.45) is 6.54. The number of anilines is 3. The Morgan fingerprint density at radius 3 is 2.79 bits per heavy atom.